The van der Waals surface area contributed by atoms with Crippen molar-refractivity contribution in [3.05, 3.63) is 47.0 Å². The molecule has 0 saturated heterocycles. The van der Waals surface area contributed by atoms with E-state index < -0.39 is 23.1 Å². The van der Waals surface area contributed by atoms with E-state index in [4.69, 9.17) is 18.0 Å². The van der Waals surface area contributed by atoms with Crippen LogP contribution >= 0.6 is 12.2 Å². The van der Waals surface area contributed by atoms with Gasteiger partial charge in [-0.1, -0.05) is 12.2 Å². The Balaban J connectivity index is 2.42. The zero-order valence-electron chi connectivity index (χ0n) is 10.2. The van der Waals surface area contributed by atoms with Gasteiger partial charge in [0.25, 0.3) is 0 Å². The van der Waals surface area contributed by atoms with Crippen molar-refractivity contribution in [2.75, 3.05) is 5.32 Å². The molecule has 0 spiro atoms. The van der Waals surface area contributed by atoms with Crippen LogP contribution in [0.25, 0.3) is 0 Å². The zero-order valence-corrected chi connectivity index (χ0v) is 11.1. The predicted octanol–water partition coefficient (Wildman–Crippen LogP) is 2.58. The SMILES string of the molecule is Cc1cc(C(N)=S)nc(Nc2c(F)cc(F)cc2F)n1. The van der Waals surface area contributed by atoms with Gasteiger partial charge >= 0.3 is 0 Å². The number of aryl methyl sites for hydroxylation is 1. The smallest absolute Gasteiger partial charge is 0.228 e. The molecule has 0 aliphatic heterocycles. The average Bonchev–Trinajstić information content (AvgIpc) is 2.33. The second-order valence-electron chi connectivity index (χ2n) is 3.95. The van der Waals surface area contributed by atoms with E-state index in [-0.39, 0.29) is 16.6 Å². The number of anilines is 2. The van der Waals surface area contributed by atoms with E-state index in [0.717, 1.165) is 0 Å². The van der Waals surface area contributed by atoms with E-state index in [9.17, 15) is 13.2 Å². The lowest BCUT2D eigenvalue weighted by molar-refractivity contribution is 0.548. The standard InChI is InChI=1S/C12H9F3N4S/c1-5-2-9(11(16)20)18-12(17-5)19-10-7(14)3-6(13)4-8(10)15/h2-4H,1H3,(H2,16,20)(H,17,18,19). The van der Waals surface area contributed by atoms with Gasteiger partial charge in [0, 0.05) is 17.8 Å². The number of nitrogens with zero attached hydrogens (tertiary/aromatic N) is 2. The summed E-state index contributed by atoms with van der Waals surface area (Å²) in [4.78, 5) is 7.90. The Morgan fingerprint density at radius 1 is 1.15 bits per heavy atom. The van der Waals surface area contributed by atoms with Crippen molar-refractivity contribution >= 4 is 28.8 Å². The van der Waals surface area contributed by atoms with Crippen LogP contribution in [0.3, 0.4) is 0 Å². The second-order valence-corrected chi connectivity index (χ2v) is 4.39. The highest BCUT2D eigenvalue weighted by Crippen LogP contribution is 2.23. The Morgan fingerprint density at radius 2 is 1.75 bits per heavy atom. The van der Waals surface area contributed by atoms with Gasteiger partial charge in [-0.15, -0.1) is 0 Å². The third-order valence-electron chi connectivity index (χ3n) is 2.35. The summed E-state index contributed by atoms with van der Waals surface area (Å²) in [5.74, 6) is -3.29. The van der Waals surface area contributed by atoms with Crippen LogP contribution in [0.2, 0.25) is 0 Å². The Bertz CT molecular complexity index is 667. The average molecular weight is 298 g/mol. The summed E-state index contributed by atoms with van der Waals surface area (Å²) >= 11 is 4.78. The van der Waals surface area contributed by atoms with E-state index in [2.05, 4.69) is 15.3 Å². The maximum atomic E-state index is 13.5. The lowest BCUT2D eigenvalue weighted by Gasteiger charge is -2.09. The molecule has 0 amide bonds. The zero-order chi connectivity index (χ0) is 14.9. The Hall–Kier alpha value is -2.22. The third-order valence-corrected chi connectivity index (χ3v) is 2.56. The molecule has 0 unspecified atom stereocenters. The van der Waals surface area contributed by atoms with E-state index in [1.165, 1.54) is 6.07 Å². The fraction of sp³-hybridized carbons (Fsp3) is 0.0833. The quantitative estimate of drug-likeness (QED) is 0.853. The summed E-state index contributed by atoms with van der Waals surface area (Å²) < 4.78 is 39.8. The number of aromatic nitrogens is 2. The van der Waals surface area contributed by atoms with Crippen molar-refractivity contribution in [1.29, 1.82) is 0 Å². The highest BCUT2D eigenvalue weighted by molar-refractivity contribution is 7.80. The molecule has 0 saturated carbocycles. The summed E-state index contributed by atoms with van der Waals surface area (Å²) in [6.45, 7) is 1.64. The molecule has 0 radical (unpaired) electrons. The molecular formula is C12H9F3N4S. The van der Waals surface area contributed by atoms with Crippen LogP contribution in [0.4, 0.5) is 24.8 Å². The number of thiocarbonyl (C=S) groups is 1. The number of nitrogens with one attached hydrogen (secondary N) is 1. The van der Waals surface area contributed by atoms with Gasteiger partial charge in [-0.05, 0) is 13.0 Å². The van der Waals surface area contributed by atoms with Gasteiger partial charge in [0.1, 0.15) is 22.2 Å². The highest BCUT2D eigenvalue weighted by Gasteiger charge is 2.13. The molecular weight excluding hydrogens is 289 g/mol. The molecule has 20 heavy (non-hydrogen) atoms. The van der Waals surface area contributed by atoms with Gasteiger partial charge in [-0.3, -0.25) is 0 Å². The second kappa shape index (κ2) is 5.41. The minimum Gasteiger partial charge on any atom is -0.388 e. The number of hydrogen-bond acceptors (Lipinski definition) is 4. The van der Waals surface area contributed by atoms with Crippen molar-refractivity contribution in [1.82, 2.24) is 9.97 Å². The first-order valence-electron chi connectivity index (χ1n) is 5.44. The van der Waals surface area contributed by atoms with Gasteiger partial charge in [0.05, 0.1) is 0 Å². The molecule has 1 aromatic carbocycles. The number of rotatable bonds is 3. The van der Waals surface area contributed by atoms with E-state index in [0.29, 0.717) is 17.8 Å². The van der Waals surface area contributed by atoms with Crippen molar-refractivity contribution in [2.24, 2.45) is 5.73 Å². The molecule has 1 heterocycles. The molecule has 2 rings (SSSR count). The normalized spacial score (nSPS) is 10.4. The van der Waals surface area contributed by atoms with Gasteiger partial charge in [-0.2, -0.15) is 0 Å². The minimum atomic E-state index is -1.09. The fourth-order valence-corrected chi connectivity index (χ4v) is 1.63. The molecule has 0 atom stereocenters. The van der Waals surface area contributed by atoms with Crippen molar-refractivity contribution in [2.45, 2.75) is 6.92 Å². The predicted molar refractivity (Wildman–Crippen MR) is 72.3 cm³/mol. The Morgan fingerprint density at radius 3 is 2.30 bits per heavy atom. The summed E-state index contributed by atoms with van der Waals surface area (Å²) in [5, 5.41) is 2.35. The molecule has 104 valence electrons. The number of benzene rings is 1. The summed E-state index contributed by atoms with van der Waals surface area (Å²) in [6, 6.07) is 2.64. The van der Waals surface area contributed by atoms with Crippen molar-refractivity contribution < 1.29 is 13.2 Å². The van der Waals surface area contributed by atoms with Crippen LogP contribution < -0.4 is 11.1 Å². The number of halogens is 3. The minimum absolute atomic E-state index is 0.0265. The Kier molecular flexibility index (Phi) is 3.84. The monoisotopic (exact) mass is 298 g/mol. The first-order chi connectivity index (χ1) is 9.36. The molecule has 1 aromatic heterocycles. The first-order valence-corrected chi connectivity index (χ1v) is 5.84. The fourth-order valence-electron chi connectivity index (χ4n) is 1.52. The molecule has 4 nitrogen and oxygen atoms in total. The first kappa shape index (κ1) is 14.2. The maximum absolute atomic E-state index is 13.5. The van der Waals surface area contributed by atoms with Crippen LogP contribution in [0.15, 0.2) is 18.2 Å². The maximum Gasteiger partial charge on any atom is 0.228 e. The number of hydrogen-bond donors (Lipinski definition) is 2. The lowest BCUT2D eigenvalue weighted by Crippen LogP contribution is -2.14. The van der Waals surface area contributed by atoms with Crippen molar-refractivity contribution in [3.8, 4) is 0 Å². The van der Waals surface area contributed by atoms with E-state index in [1.807, 2.05) is 0 Å². The van der Waals surface area contributed by atoms with Gasteiger partial charge in [-0.25, -0.2) is 23.1 Å². The van der Waals surface area contributed by atoms with Crippen molar-refractivity contribution in [3.63, 3.8) is 0 Å². The topological polar surface area (TPSA) is 63.8 Å². The number of nitrogens with two attached hydrogens (primary N) is 1. The molecule has 0 aliphatic rings. The van der Waals surface area contributed by atoms with Crippen LogP contribution in [-0.4, -0.2) is 15.0 Å². The molecule has 0 aliphatic carbocycles. The van der Waals surface area contributed by atoms with Crippen LogP contribution in [0, 0.1) is 24.4 Å². The molecule has 8 heteroatoms. The lowest BCUT2D eigenvalue weighted by atomic mass is 10.3. The molecule has 0 fully saturated rings. The summed E-state index contributed by atoms with van der Waals surface area (Å²) in [5.41, 5.74) is 5.66. The summed E-state index contributed by atoms with van der Waals surface area (Å²) in [7, 11) is 0. The highest BCUT2D eigenvalue weighted by atomic mass is 32.1. The molecule has 3 N–H and O–H groups in total. The van der Waals surface area contributed by atoms with Crippen LogP contribution in [-0.2, 0) is 0 Å². The molecule has 0 bridgehead atoms. The van der Waals surface area contributed by atoms with Gasteiger partial charge in [0.2, 0.25) is 5.95 Å². The Labute approximate surface area is 117 Å². The van der Waals surface area contributed by atoms with E-state index in [1.54, 1.807) is 6.92 Å². The third kappa shape index (κ3) is 3.02. The van der Waals surface area contributed by atoms with Gasteiger partial charge in [0.15, 0.2) is 11.6 Å². The van der Waals surface area contributed by atoms with Gasteiger partial charge < -0.3 is 11.1 Å². The van der Waals surface area contributed by atoms with Crippen LogP contribution in [0.5, 0.6) is 0 Å². The van der Waals surface area contributed by atoms with Crippen LogP contribution in [0.1, 0.15) is 11.4 Å². The summed E-state index contributed by atoms with van der Waals surface area (Å²) in [6.07, 6.45) is 0. The molecule has 2 aromatic rings. The largest absolute Gasteiger partial charge is 0.388 e. The van der Waals surface area contributed by atoms with E-state index >= 15 is 0 Å².